The lowest BCUT2D eigenvalue weighted by Crippen LogP contribution is -2.06. The van der Waals surface area contributed by atoms with Crippen LogP contribution < -0.4 is 0 Å². The van der Waals surface area contributed by atoms with E-state index >= 15 is 0 Å². The van der Waals surface area contributed by atoms with Crippen LogP contribution in [0.15, 0.2) is 10.5 Å². The molecule has 0 fully saturated rings. The molecule has 6 heteroatoms. The minimum absolute atomic E-state index is 0.0876. The number of rotatable bonds is 7. The topological polar surface area (TPSA) is 69.4 Å². The summed E-state index contributed by atoms with van der Waals surface area (Å²) in [7, 11) is -3.39. The van der Waals surface area contributed by atoms with Crippen molar-refractivity contribution in [3.05, 3.63) is 23.4 Å². The van der Waals surface area contributed by atoms with E-state index in [1.807, 2.05) is 12.2 Å². The zero-order valence-corrected chi connectivity index (χ0v) is 11.8. The first-order chi connectivity index (χ1) is 8.42. The van der Waals surface area contributed by atoms with Crippen molar-refractivity contribution in [1.82, 2.24) is 4.98 Å². The van der Waals surface area contributed by atoms with Gasteiger partial charge in [-0.15, -0.1) is 0 Å². The van der Waals surface area contributed by atoms with E-state index in [1.165, 1.54) is 0 Å². The predicted molar refractivity (Wildman–Crippen MR) is 69.7 cm³/mol. The molecule has 18 heavy (non-hydrogen) atoms. The molecule has 0 aliphatic carbocycles. The van der Waals surface area contributed by atoms with Gasteiger partial charge in [-0.2, -0.15) is 8.42 Å². The third-order valence-corrected chi connectivity index (χ3v) is 2.86. The molecule has 1 rings (SSSR count). The van der Waals surface area contributed by atoms with E-state index in [2.05, 4.69) is 16.1 Å². The summed E-state index contributed by atoms with van der Waals surface area (Å²) >= 11 is 0. The molecule has 102 valence electrons. The lowest BCUT2D eigenvalue weighted by Gasteiger charge is -1.98. The van der Waals surface area contributed by atoms with Crippen LogP contribution in [0.25, 0.3) is 6.08 Å². The molecule has 0 aromatic carbocycles. The quantitative estimate of drug-likeness (QED) is 0.713. The van der Waals surface area contributed by atoms with Crippen LogP contribution in [-0.4, -0.2) is 26.3 Å². The van der Waals surface area contributed by atoms with Crippen LogP contribution in [0, 0.1) is 6.92 Å². The van der Waals surface area contributed by atoms with Gasteiger partial charge in [-0.3, -0.25) is 4.18 Å². The molecule has 0 saturated carbocycles. The molecule has 0 atom stereocenters. The molecule has 0 radical (unpaired) electrons. The summed E-state index contributed by atoms with van der Waals surface area (Å²) in [5.41, 5.74) is 0.731. The average molecular weight is 273 g/mol. The van der Waals surface area contributed by atoms with E-state index in [9.17, 15) is 8.42 Å². The Morgan fingerprint density at radius 3 is 2.78 bits per heavy atom. The SMILES string of the molecule is CCC/C=C/c1nc(CCOS(C)(=O)=O)c(C)o1. The third kappa shape index (κ3) is 5.46. The van der Waals surface area contributed by atoms with E-state index in [-0.39, 0.29) is 6.61 Å². The number of nitrogens with zero attached hydrogens (tertiary/aromatic N) is 1. The minimum Gasteiger partial charge on any atom is -0.442 e. The second kappa shape index (κ2) is 6.70. The van der Waals surface area contributed by atoms with Crippen LogP contribution in [0.5, 0.6) is 0 Å². The van der Waals surface area contributed by atoms with Gasteiger partial charge in [0.1, 0.15) is 5.76 Å². The van der Waals surface area contributed by atoms with Crippen LogP contribution >= 0.6 is 0 Å². The van der Waals surface area contributed by atoms with Gasteiger partial charge in [0, 0.05) is 6.42 Å². The van der Waals surface area contributed by atoms with Gasteiger partial charge in [-0.25, -0.2) is 4.98 Å². The Balaban J connectivity index is 2.56. The number of unbranched alkanes of at least 4 members (excludes halogenated alkanes) is 1. The molecule has 1 heterocycles. The third-order valence-electron chi connectivity index (χ3n) is 2.26. The van der Waals surface area contributed by atoms with Crippen molar-refractivity contribution in [2.24, 2.45) is 0 Å². The van der Waals surface area contributed by atoms with Crippen molar-refractivity contribution in [3.8, 4) is 0 Å². The van der Waals surface area contributed by atoms with E-state index < -0.39 is 10.1 Å². The average Bonchev–Trinajstić information content (AvgIpc) is 2.58. The molecule has 0 aliphatic heterocycles. The van der Waals surface area contributed by atoms with E-state index in [4.69, 9.17) is 4.42 Å². The van der Waals surface area contributed by atoms with Crippen molar-refractivity contribution in [3.63, 3.8) is 0 Å². The first kappa shape index (κ1) is 14.9. The minimum atomic E-state index is -3.39. The summed E-state index contributed by atoms with van der Waals surface area (Å²) in [6.07, 6.45) is 7.34. The second-order valence-corrected chi connectivity index (χ2v) is 5.67. The Bertz CT molecular complexity index is 502. The first-order valence-electron chi connectivity index (χ1n) is 5.89. The van der Waals surface area contributed by atoms with Crippen LogP contribution in [0.4, 0.5) is 0 Å². The predicted octanol–water partition coefficient (Wildman–Crippen LogP) is 2.32. The monoisotopic (exact) mass is 273 g/mol. The summed E-state index contributed by atoms with van der Waals surface area (Å²) < 4.78 is 31.7. The molecular weight excluding hydrogens is 254 g/mol. The number of oxazole rings is 1. The molecule has 5 nitrogen and oxygen atoms in total. The number of hydrogen-bond donors (Lipinski definition) is 0. The molecule has 0 unspecified atom stereocenters. The smallest absolute Gasteiger partial charge is 0.264 e. The standard InChI is InChI=1S/C12H19NO4S/c1-4-5-6-7-12-13-11(10(2)17-12)8-9-16-18(3,14)15/h6-7H,4-5,8-9H2,1-3H3/b7-6+. The van der Waals surface area contributed by atoms with Gasteiger partial charge in [0.25, 0.3) is 10.1 Å². The second-order valence-electron chi connectivity index (χ2n) is 4.02. The van der Waals surface area contributed by atoms with Gasteiger partial charge in [0.2, 0.25) is 5.89 Å². The fourth-order valence-electron chi connectivity index (χ4n) is 1.39. The maximum absolute atomic E-state index is 10.8. The Labute approximate surface area is 108 Å². The number of hydrogen-bond acceptors (Lipinski definition) is 5. The van der Waals surface area contributed by atoms with Gasteiger partial charge in [-0.05, 0) is 19.4 Å². The Morgan fingerprint density at radius 2 is 2.17 bits per heavy atom. The summed E-state index contributed by atoms with van der Waals surface area (Å²) in [5, 5.41) is 0. The van der Waals surface area contributed by atoms with Crippen LogP contribution in [-0.2, 0) is 20.7 Å². The van der Waals surface area contributed by atoms with Crippen LogP contribution in [0.2, 0.25) is 0 Å². The van der Waals surface area contributed by atoms with E-state index in [0.717, 1.165) is 24.8 Å². The molecule has 1 aromatic rings. The van der Waals surface area contributed by atoms with Crippen molar-refractivity contribution in [2.45, 2.75) is 33.1 Å². The molecule has 0 bridgehead atoms. The summed E-state index contributed by atoms with van der Waals surface area (Å²) in [4.78, 5) is 4.27. The molecular formula is C12H19NO4S. The highest BCUT2D eigenvalue weighted by atomic mass is 32.2. The number of allylic oxidation sites excluding steroid dienone is 1. The largest absolute Gasteiger partial charge is 0.442 e. The number of aryl methyl sites for hydroxylation is 1. The molecule has 0 saturated heterocycles. The van der Waals surface area contributed by atoms with Gasteiger partial charge in [-0.1, -0.05) is 19.4 Å². The lowest BCUT2D eigenvalue weighted by atomic mass is 10.3. The maximum atomic E-state index is 10.8. The lowest BCUT2D eigenvalue weighted by molar-refractivity contribution is 0.324. The van der Waals surface area contributed by atoms with E-state index in [1.54, 1.807) is 6.92 Å². The van der Waals surface area contributed by atoms with Crippen molar-refractivity contribution in [2.75, 3.05) is 12.9 Å². The maximum Gasteiger partial charge on any atom is 0.264 e. The highest BCUT2D eigenvalue weighted by Gasteiger charge is 2.09. The highest BCUT2D eigenvalue weighted by Crippen LogP contribution is 2.12. The Morgan fingerprint density at radius 1 is 1.44 bits per heavy atom. The molecule has 0 N–H and O–H groups in total. The summed E-state index contributed by atoms with van der Waals surface area (Å²) in [6, 6.07) is 0. The first-order valence-corrected chi connectivity index (χ1v) is 7.71. The zero-order chi connectivity index (χ0) is 13.6. The molecule has 0 amide bonds. The van der Waals surface area contributed by atoms with Gasteiger partial charge in [0.15, 0.2) is 0 Å². The van der Waals surface area contributed by atoms with Crippen LogP contribution in [0.3, 0.4) is 0 Å². The van der Waals surface area contributed by atoms with Gasteiger partial charge >= 0.3 is 0 Å². The molecule has 0 spiro atoms. The molecule has 1 aromatic heterocycles. The Kier molecular flexibility index (Phi) is 5.55. The fourth-order valence-corrected chi connectivity index (χ4v) is 1.78. The van der Waals surface area contributed by atoms with Crippen molar-refractivity contribution >= 4 is 16.2 Å². The zero-order valence-electron chi connectivity index (χ0n) is 11.0. The van der Waals surface area contributed by atoms with Crippen molar-refractivity contribution < 1.29 is 17.0 Å². The number of aromatic nitrogens is 1. The van der Waals surface area contributed by atoms with E-state index in [0.29, 0.717) is 18.1 Å². The van der Waals surface area contributed by atoms with Crippen LogP contribution in [0.1, 0.15) is 37.1 Å². The summed E-state index contributed by atoms with van der Waals surface area (Å²) in [5.74, 6) is 1.25. The van der Waals surface area contributed by atoms with Gasteiger partial charge in [0.05, 0.1) is 18.6 Å². The van der Waals surface area contributed by atoms with Crippen molar-refractivity contribution in [1.29, 1.82) is 0 Å². The normalized spacial score (nSPS) is 12.4. The van der Waals surface area contributed by atoms with Gasteiger partial charge < -0.3 is 4.42 Å². The summed E-state index contributed by atoms with van der Waals surface area (Å²) in [6.45, 7) is 3.99. The Hall–Kier alpha value is -1.14. The fraction of sp³-hybridized carbons (Fsp3) is 0.583. The molecule has 0 aliphatic rings. The highest BCUT2D eigenvalue weighted by molar-refractivity contribution is 7.85.